The molecule has 0 aliphatic carbocycles. The molecule has 10 nitrogen and oxygen atoms in total. The van der Waals surface area contributed by atoms with Gasteiger partial charge in [0.05, 0.1) is 17.1 Å². The van der Waals surface area contributed by atoms with Crippen LogP contribution >= 0.6 is 0 Å². The molecule has 3 aromatic rings. The first-order valence-electron chi connectivity index (χ1n) is 6.92. The van der Waals surface area contributed by atoms with E-state index < -0.39 is 0 Å². The van der Waals surface area contributed by atoms with Crippen LogP contribution in [0.25, 0.3) is 22.8 Å². The Labute approximate surface area is 137 Å². The third-order valence-electron chi connectivity index (χ3n) is 2.87. The largest absolute Gasteiger partial charge is 0.368 e. The summed E-state index contributed by atoms with van der Waals surface area (Å²) in [5.41, 5.74) is 10.9. The van der Waals surface area contributed by atoms with Gasteiger partial charge in [-0.2, -0.15) is 10.1 Å². The Bertz CT molecular complexity index is 845. The number of hydrogen-bond donors (Lipinski definition) is 3. The van der Waals surface area contributed by atoms with Gasteiger partial charge in [-0.05, 0) is 18.2 Å². The van der Waals surface area contributed by atoms with E-state index in [4.69, 9.17) is 16.1 Å². The summed E-state index contributed by atoms with van der Waals surface area (Å²) >= 11 is 0. The molecular formula is C14H15N9O. The van der Waals surface area contributed by atoms with E-state index in [-0.39, 0.29) is 11.9 Å². The fourth-order valence-electron chi connectivity index (χ4n) is 1.92. The molecule has 10 heteroatoms. The van der Waals surface area contributed by atoms with Crippen LogP contribution in [-0.4, -0.2) is 38.2 Å². The van der Waals surface area contributed by atoms with Gasteiger partial charge in [0.25, 0.3) is 5.95 Å². The normalized spacial score (nSPS) is 11.7. The molecule has 24 heavy (non-hydrogen) atoms. The summed E-state index contributed by atoms with van der Waals surface area (Å²) in [6, 6.07) is 8.98. The molecule has 0 fully saturated rings. The number of nitrogens with one attached hydrogen (secondary N) is 1. The van der Waals surface area contributed by atoms with Crippen LogP contribution in [0.4, 0.5) is 5.95 Å². The summed E-state index contributed by atoms with van der Waals surface area (Å²) in [5, 5.41) is 5.04. The molecule has 3 rings (SSSR count). The number of nitrogens with zero attached hydrogens (tertiary/aromatic N) is 6. The number of guanidine groups is 1. The van der Waals surface area contributed by atoms with Gasteiger partial charge in [-0.15, -0.1) is 0 Å². The van der Waals surface area contributed by atoms with Gasteiger partial charge < -0.3 is 10.3 Å². The van der Waals surface area contributed by atoms with Crippen molar-refractivity contribution in [1.29, 1.82) is 0 Å². The highest BCUT2D eigenvalue weighted by Gasteiger charge is 2.08. The monoisotopic (exact) mass is 325 g/mol. The first kappa shape index (κ1) is 15.5. The third kappa shape index (κ3) is 3.69. The Hall–Kier alpha value is -3.37. The molecule has 0 amide bonds. The summed E-state index contributed by atoms with van der Waals surface area (Å²) < 4.78 is 4.84. The number of pyridine rings is 1. The molecule has 122 valence electrons. The first-order chi connectivity index (χ1) is 11.6. The number of aliphatic imine (C=N–C) groups is 1. The highest BCUT2D eigenvalue weighted by atomic mass is 16.5. The van der Waals surface area contributed by atoms with Crippen molar-refractivity contribution < 1.29 is 4.52 Å². The Balaban J connectivity index is 1.91. The molecule has 3 aromatic heterocycles. The minimum Gasteiger partial charge on any atom is -0.368 e. The molecule has 0 atom stereocenters. The minimum absolute atomic E-state index is 0.0708. The highest BCUT2D eigenvalue weighted by Crippen LogP contribution is 2.21. The van der Waals surface area contributed by atoms with E-state index in [0.29, 0.717) is 22.8 Å². The van der Waals surface area contributed by atoms with Crippen LogP contribution in [-0.2, 0) is 0 Å². The Morgan fingerprint density at radius 1 is 1.12 bits per heavy atom. The van der Waals surface area contributed by atoms with E-state index >= 15 is 0 Å². The van der Waals surface area contributed by atoms with Crippen molar-refractivity contribution >= 4 is 11.9 Å². The SMILES string of the molecule is CN(N)N/C(N)=N\c1nccc(-c2cccc(-c3ccon3)n2)n1. The smallest absolute Gasteiger partial charge is 0.253 e. The van der Waals surface area contributed by atoms with E-state index in [0.717, 1.165) is 0 Å². The molecular weight excluding hydrogens is 310 g/mol. The third-order valence-corrected chi connectivity index (χ3v) is 2.87. The van der Waals surface area contributed by atoms with E-state index in [9.17, 15) is 0 Å². The summed E-state index contributed by atoms with van der Waals surface area (Å²) in [5.74, 6) is 5.69. The summed E-state index contributed by atoms with van der Waals surface area (Å²) in [6.45, 7) is 0. The summed E-state index contributed by atoms with van der Waals surface area (Å²) in [7, 11) is 1.58. The van der Waals surface area contributed by atoms with Gasteiger partial charge in [-0.25, -0.2) is 15.0 Å². The van der Waals surface area contributed by atoms with E-state index in [1.807, 2.05) is 18.2 Å². The molecule has 0 aromatic carbocycles. The topological polar surface area (TPSA) is 144 Å². The summed E-state index contributed by atoms with van der Waals surface area (Å²) in [6.07, 6.45) is 3.07. The van der Waals surface area contributed by atoms with Gasteiger partial charge in [-0.1, -0.05) is 11.2 Å². The zero-order chi connectivity index (χ0) is 16.9. The number of rotatable bonds is 4. The van der Waals surface area contributed by atoms with Gasteiger partial charge in [0.2, 0.25) is 5.96 Å². The second kappa shape index (κ2) is 6.81. The molecule has 0 aliphatic rings. The molecule has 5 N–H and O–H groups in total. The lowest BCUT2D eigenvalue weighted by Gasteiger charge is -2.11. The van der Waals surface area contributed by atoms with Crippen molar-refractivity contribution in [1.82, 2.24) is 30.7 Å². The quantitative estimate of drug-likeness (QED) is 0.269. The van der Waals surface area contributed by atoms with Crippen molar-refractivity contribution in [2.24, 2.45) is 16.6 Å². The predicted octanol–water partition coefficient (Wildman–Crippen LogP) is 0.450. The van der Waals surface area contributed by atoms with Gasteiger partial charge in [0.1, 0.15) is 12.0 Å². The second-order valence-electron chi connectivity index (χ2n) is 4.75. The standard InChI is InChI=1S/C14H15N9O/c1-23(16)21-13(15)20-14-17-7-5-11(19-14)9-3-2-4-10(18-9)12-6-8-24-22-12/h2-8H,16H2,1H3,(H3,15,17,19,20,21). The maximum Gasteiger partial charge on any atom is 0.253 e. The van der Waals surface area contributed by atoms with E-state index in [1.54, 1.807) is 25.4 Å². The predicted molar refractivity (Wildman–Crippen MR) is 87.1 cm³/mol. The van der Waals surface area contributed by atoms with Crippen molar-refractivity contribution in [2.45, 2.75) is 0 Å². The molecule has 3 heterocycles. The minimum atomic E-state index is 0.0708. The maximum absolute atomic E-state index is 5.69. The Kier molecular flexibility index (Phi) is 4.40. The average molecular weight is 325 g/mol. The van der Waals surface area contributed by atoms with E-state index in [2.05, 4.69) is 30.5 Å². The Morgan fingerprint density at radius 2 is 1.88 bits per heavy atom. The van der Waals surface area contributed by atoms with Crippen molar-refractivity contribution in [3.8, 4) is 22.8 Å². The molecule has 0 saturated carbocycles. The molecule has 0 bridgehead atoms. The van der Waals surface area contributed by atoms with Crippen LogP contribution in [0.2, 0.25) is 0 Å². The molecule has 0 saturated heterocycles. The fraction of sp³-hybridized carbons (Fsp3) is 0.0714. The molecule has 0 aliphatic heterocycles. The second-order valence-corrected chi connectivity index (χ2v) is 4.75. The van der Waals surface area contributed by atoms with Crippen LogP contribution in [0.3, 0.4) is 0 Å². The Morgan fingerprint density at radius 3 is 2.58 bits per heavy atom. The lowest BCUT2D eigenvalue weighted by Crippen LogP contribution is -2.47. The lowest BCUT2D eigenvalue weighted by molar-refractivity contribution is 0.303. The zero-order valence-corrected chi connectivity index (χ0v) is 12.8. The van der Waals surface area contributed by atoms with Crippen molar-refractivity contribution in [3.63, 3.8) is 0 Å². The van der Waals surface area contributed by atoms with Gasteiger partial charge in [-0.3, -0.25) is 11.3 Å². The maximum atomic E-state index is 5.69. The number of hydrazine groups is 2. The van der Waals surface area contributed by atoms with Crippen LogP contribution < -0.4 is 17.0 Å². The van der Waals surface area contributed by atoms with E-state index in [1.165, 1.54) is 11.4 Å². The zero-order valence-electron chi connectivity index (χ0n) is 12.8. The lowest BCUT2D eigenvalue weighted by atomic mass is 10.2. The van der Waals surface area contributed by atoms with Crippen LogP contribution in [0.1, 0.15) is 0 Å². The van der Waals surface area contributed by atoms with Gasteiger partial charge >= 0.3 is 0 Å². The number of hydrogen-bond acceptors (Lipinski definition) is 8. The van der Waals surface area contributed by atoms with Crippen molar-refractivity contribution in [3.05, 3.63) is 42.8 Å². The molecule has 0 spiro atoms. The van der Waals surface area contributed by atoms with Crippen LogP contribution in [0.5, 0.6) is 0 Å². The first-order valence-corrected chi connectivity index (χ1v) is 6.92. The number of aromatic nitrogens is 4. The summed E-state index contributed by atoms with van der Waals surface area (Å²) in [4.78, 5) is 16.9. The van der Waals surface area contributed by atoms with Gasteiger partial charge in [0, 0.05) is 19.3 Å². The molecule has 0 unspecified atom stereocenters. The number of nitrogens with two attached hydrogens (primary N) is 2. The highest BCUT2D eigenvalue weighted by molar-refractivity contribution is 5.79. The van der Waals surface area contributed by atoms with Crippen LogP contribution in [0, 0.1) is 0 Å². The van der Waals surface area contributed by atoms with Crippen molar-refractivity contribution in [2.75, 3.05) is 7.05 Å². The van der Waals surface area contributed by atoms with Crippen LogP contribution in [0.15, 0.2) is 52.3 Å². The van der Waals surface area contributed by atoms with Gasteiger partial charge in [0.15, 0.2) is 0 Å². The fourth-order valence-corrected chi connectivity index (χ4v) is 1.92. The molecule has 0 radical (unpaired) electrons. The average Bonchev–Trinajstić information content (AvgIpc) is 3.09.